The summed E-state index contributed by atoms with van der Waals surface area (Å²) in [5, 5.41) is 11.2. The van der Waals surface area contributed by atoms with Gasteiger partial charge in [0.25, 0.3) is 0 Å². The lowest BCUT2D eigenvalue weighted by Gasteiger charge is -1.87. The van der Waals surface area contributed by atoms with Crippen molar-refractivity contribution in [2.24, 2.45) is 0 Å². The highest BCUT2D eigenvalue weighted by Gasteiger charge is 1.90. The van der Waals surface area contributed by atoms with Crippen LogP contribution in [0.25, 0.3) is 0 Å². The van der Waals surface area contributed by atoms with E-state index in [1.807, 2.05) is 0 Å². The molecule has 0 radical (unpaired) electrons. The Bertz CT molecular complexity index is 60.5. The van der Waals surface area contributed by atoms with Crippen LogP contribution in [0.1, 0.15) is 0 Å². The zero-order valence-electron chi connectivity index (χ0n) is 3.20. The molecule has 5 heteroatoms. The van der Waals surface area contributed by atoms with Crippen LogP contribution in [0.5, 0.6) is 0 Å². The highest BCUT2D eigenvalue weighted by atomic mass is 17.8. The van der Waals surface area contributed by atoms with Crippen molar-refractivity contribution in [1.82, 2.24) is 0 Å². The van der Waals surface area contributed by atoms with Crippen LogP contribution in [0.2, 0.25) is 0 Å². The SMILES string of the molecule is C1=COOOOO1. The third kappa shape index (κ3) is 1.40. The molecular formula is C2H2O5. The Morgan fingerprint density at radius 3 is 1.86 bits per heavy atom. The molecule has 0 N–H and O–H groups in total. The molecule has 0 aromatic rings. The van der Waals surface area contributed by atoms with E-state index in [0.717, 1.165) is 12.5 Å². The van der Waals surface area contributed by atoms with E-state index in [1.54, 1.807) is 0 Å². The van der Waals surface area contributed by atoms with Gasteiger partial charge in [0.2, 0.25) is 0 Å². The van der Waals surface area contributed by atoms with E-state index in [0.29, 0.717) is 0 Å². The fourth-order valence-electron chi connectivity index (χ4n) is 0.134. The summed E-state index contributed by atoms with van der Waals surface area (Å²) in [6.07, 6.45) is 2.21. The molecule has 1 heterocycles. The second kappa shape index (κ2) is 2.40. The van der Waals surface area contributed by atoms with Crippen molar-refractivity contribution in [3.63, 3.8) is 0 Å². The van der Waals surface area contributed by atoms with Gasteiger partial charge in [-0.05, 0) is 0 Å². The molecule has 1 aliphatic heterocycles. The lowest BCUT2D eigenvalue weighted by atomic mass is 11.1. The van der Waals surface area contributed by atoms with Gasteiger partial charge in [-0.15, -0.1) is 0 Å². The lowest BCUT2D eigenvalue weighted by Crippen LogP contribution is -1.87. The first kappa shape index (κ1) is 4.38. The quantitative estimate of drug-likeness (QED) is 0.413. The van der Waals surface area contributed by atoms with Gasteiger partial charge >= 0.3 is 0 Å². The molecule has 40 valence electrons. The highest BCUT2D eigenvalue weighted by molar-refractivity contribution is 4.54. The minimum absolute atomic E-state index is 1.10. The highest BCUT2D eigenvalue weighted by Crippen LogP contribution is 1.92. The first-order valence-electron chi connectivity index (χ1n) is 1.47. The van der Waals surface area contributed by atoms with Crippen molar-refractivity contribution < 1.29 is 24.9 Å². The van der Waals surface area contributed by atoms with E-state index in [2.05, 4.69) is 24.9 Å². The monoisotopic (exact) mass is 106 g/mol. The van der Waals surface area contributed by atoms with Crippen LogP contribution >= 0.6 is 0 Å². The molecule has 0 amide bonds. The van der Waals surface area contributed by atoms with Gasteiger partial charge in [-0.3, -0.25) is 0 Å². The van der Waals surface area contributed by atoms with Crippen LogP contribution < -0.4 is 0 Å². The molecule has 0 saturated carbocycles. The molecule has 1 aliphatic rings. The Kier molecular flexibility index (Phi) is 1.50. The van der Waals surface area contributed by atoms with Crippen LogP contribution in [0, 0.1) is 0 Å². The van der Waals surface area contributed by atoms with Crippen molar-refractivity contribution >= 4 is 0 Å². The molecule has 0 unspecified atom stereocenters. The summed E-state index contributed by atoms with van der Waals surface area (Å²) < 4.78 is 0. The molecule has 0 spiro atoms. The zero-order valence-corrected chi connectivity index (χ0v) is 3.20. The Labute approximate surface area is 38.7 Å². The first-order chi connectivity index (χ1) is 3.50. The van der Waals surface area contributed by atoms with Crippen molar-refractivity contribution in [2.75, 3.05) is 0 Å². The van der Waals surface area contributed by atoms with Crippen LogP contribution in [-0.4, -0.2) is 0 Å². The number of rotatable bonds is 0. The predicted molar refractivity (Wildman–Crippen MR) is 14.6 cm³/mol. The smallest absolute Gasteiger partial charge is 0.171 e. The second-order valence-corrected chi connectivity index (χ2v) is 0.669. The van der Waals surface area contributed by atoms with E-state index in [1.165, 1.54) is 0 Å². The maximum absolute atomic E-state index is 4.04. The number of hydrogen-bond donors (Lipinski definition) is 0. The molecule has 0 aromatic carbocycles. The standard InChI is InChI=1S/C2H2O5/c1-2-4-6-7-5-3-1/h1-2H. The summed E-state index contributed by atoms with van der Waals surface area (Å²) in [7, 11) is 0. The van der Waals surface area contributed by atoms with Gasteiger partial charge < -0.3 is 9.78 Å². The maximum atomic E-state index is 4.04. The summed E-state index contributed by atoms with van der Waals surface area (Å²) in [6.45, 7) is 0. The average Bonchev–Trinajstić information content (AvgIpc) is 1.90. The fourth-order valence-corrected chi connectivity index (χ4v) is 0.134. The number of hydrogen-bond acceptors (Lipinski definition) is 5. The van der Waals surface area contributed by atoms with Crippen LogP contribution in [0.15, 0.2) is 12.5 Å². The molecule has 1 rings (SSSR count). The van der Waals surface area contributed by atoms with Gasteiger partial charge in [0, 0.05) is 15.1 Å². The molecule has 5 nitrogen and oxygen atoms in total. The topological polar surface area (TPSA) is 46.2 Å². The van der Waals surface area contributed by atoms with Gasteiger partial charge in [-0.1, -0.05) is 0 Å². The first-order valence-corrected chi connectivity index (χ1v) is 1.47. The Morgan fingerprint density at radius 2 is 1.29 bits per heavy atom. The third-order valence-corrected chi connectivity index (χ3v) is 0.301. The summed E-state index contributed by atoms with van der Waals surface area (Å²) >= 11 is 0. The minimum Gasteiger partial charge on any atom is -0.311 e. The van der Waals surface area contributed by atoms with E-state index >= 15 is 0 Å². The fraction of sp³-hybridized carbons (Fsp3) is 0. The molecule has 0 aliphatic carbocycles. The molecule has 7 heavy (non-hydrogen) atoms. The Morgan fingerprint density at radius 1 is 0.714 bits per heavy atom. The predicted octanol–water partition coefficient (Wildman–Crippen LogP) is 0.214. The van der Waals surface area contributed by atoms with Gasteiger partial charge in [-0.25, -0.2) is 0 Å². The molecule has 0 saturated heterocycles. The molecule has 0 fully saturated rings. The van der Waals surface area contributed by atoms with Crippen molar-refractivity contribution in [3.05, 3.63) is 12.5 Å². The van der Waals surface area contributed by atoms with Crippen molar-refractivity contribution in [2.45, 2.75) is 0 Å². The van der Waals surface area contributed by atoms with Gasteiger partial charge in [0.05, 0.1) is 0 Å². The average molecular weight is 106 g/mol. The molecular weight excluding hydrogens is 104 g/mol. The van der Waals surface area contributed by atoms with Gasteiger partial charge in [-0.2, -0.15) is 0 Å². The van der Waals surface area contributed by atoms with E-state index in [4.69, 9.17) is 0 Å². The van der Waals surface area contributed by atoms with Gasteiger partial charge in [0.15, 0.2) is 12.5 Å². The van der Waals surface area contributed by atoms with Crippen molar-refractivity contribution in [3.8, 4) is 0 Å². The Hall–Kier alpha value is -0.780. The maximum Gasteiger partial charge on any atom is 0.171 e. The zero-order chi connectivity index (χ0) is 4.95. The van der Waals surface area contributed by atoms with Crippen LogP contribution in [0.3, 0.4) is 0 Å². The van der Waals surface area contributed by atoms with E-state index in [9.17, 15) is 0 Å². The summed E-state index contributed by atoms with van der Waals surface area (Å²) in [6, 6.07) is 0. The molecule has 0 bridgehead atoms. The molecule has 0 atom stereocenters. The third-order valence-electron chi connectivity index (χ3n) is 0.301. The van der Waals surface area contributed by atoms with Crippen LogP contribution in [0.4, 0.5) is 0 Å². The van der Waals surface area contributed by atoms with E-state index < -0.39 is 0 Å². The lowest BCUT2D eigenvalue weighted by molar-refractivity contribution is -0.683. The second-order valence-electron chi connectivity index (χ2n) is 0.669. The van der Waals surface area contributed by atoms with Crippen molar-refractivity contribution in [1.29, 1.82) is 0 Å². The van der Waals surface area contributed by atoms with Crippen LogP contribution in [-0.2, 0) is 24.9 Å². The largest absolute Gasteiger partial charge is 0.311 e. The molecule has 0 aromatic heterocycles. The van der Waals surface area contributed by atoms with Gasteiger partial charge in [0.1, 0.15) is 0 Å². The Balaban J connectivity index is 2.20. The van der Waals surface area contributed by atoms with E-state index in [-0.39, 0.29) is 0 Å². The summed E-state index contributed by atoms with van der Waals surface area (Å²) in [5.74, 6) is 0. The normalized spacial score (nSPS) is 19.4. The minimum atomic E-state index is 1.10. The summed E-state index contributed by atoms with van der Waals surface area (Å²) in [5.41, 5.74) is 0. The summed E-state index contributed by atoms with van der Waals surface area (Å²) in [4.78, 5) is 8.08.